The van der Waals surface area contributed by atoms with Gasteiger partial charge >= 0.3 is 0 Å². The smallest absolute Gasteiger partial charge is 0.126 e. The number of rotatable bonds is 5. The van der Waals surface area contributed by atoms with Crippen molar-refractivity contribution in [3.8, 4) is 0 Å². The van der Waals surface area contributed by atoms with Crippen molar-refractivity contribution < 1.29 is 0 Å². The molecular formula is C21H30N4. The van der Waals surface area contributed by atoms with Gasteiger partial charge in [-0.3, -0.25) is 4.98 Å². The van der Waals surface area contributed by atoms with E-state index in [4.69, 9.17) is 0 Å². The number of nitrogens with one attached hydrogen (secondary N) is 2. The predicted octanol–water partition coefficient (Wildman–Crippen LogP) is 5.15. The number of aromatic nitrogens is 2. The molecule has 0 radical (unpaired) electrons. The first-order chi connectivity index (χ1) is 12.2. The van der Waals surface area contributed by atoms with Crippen molar-refractivity contribution in [1.82, 2.24) is 15.3 Å². The van der Waals surface area contributed by atoms with Gasteiger partial charge in [-0.2, -0.15) is 0 Å². The van der Waals surface area contributed by atoms with Crippen molar-refractivity contribution in [2.45, 2.75) is 53.5 Å². The maximum atomic E-state index is 4.65. The Morgan fingerprint density at radius 3 is 2.48 bits per heavy atom. The molecule has 0 spiro atoms. The Kier molecular flexibility index (Phi) is 6.99. The zero-order valence-corrected chi connectivity index (χ0v) is 16.1. The van der Waals surface area contributed by atoms with Gasteiger partial charge in [0.1, 0.15) is 5.82 Å². The van der Waals surface area contributed by atoms with E-state index in [1.807, 2.05) is 32.3 Å². The molecule has 0 saturated carbocycles. The Bertz CT molecular complexity index is 762. The predicted molar refractivity (Wildman–Crippen MR) is 109 cm³/mol. The Morgan fingerprint density at radius 2 is 1.80 bits per heavy atom. The Hall–Kier alpha value is -2.36. The molecular weight excluding hydrogens is 308 g/mol. The third kappa shape index (κ3) is 4.59. The second-order valence-corrected chi connectivity index (χ2v) is 5.99. The van der Waals surface area contributed by atoms with Crippen LogP contribution < -0.4 is 10.6 Å². The summed E-state index contributed by atoms with van der Waals surface area (Å²) in [4.78, 5) is 9.10. The molecule has 0 fully saturated rings. The maximum absolute atomic E-state index is 4.65. The molecule has 3 heterocycles. The molecule has 134 valence electrons. The molecule has 0 aliphatic carbocycles. The number of anilines is 1. The Morgan fingerprint density at radius 1 is 1.08 bits per heavy atom. The minimum Gasteiger partial charge on any atom is -0.384 e. The fourth-order valence-electron chi connectivity index (χ4n) is 2.96. The fraction of sp³-hybridized carbons (Fsp3) is 0.429. The van der Waals surface area contributed by atoms with E-state index < -0.39 is 0 Å². The van der Waals surface area contributed by atoms with Gasteiger partial charge < -0.3 is 10.6 Å². The monoisotopic (exact) mass is 338 g/mol. The van der Waals surface area contributed by atoms with E-state index in [1.54, 1.807) is 0 Å². The summed E-state index contributed by atoms with van der Waals surface area (Å²) in [7, 11) is 0. The van der Waals surface area contributed by atoms with Gasteiger partial charge in [0.25, 0.3) is 0 Å². The summed E-state index contributed by atoms with van der Waals surface area (Å²) in [6.45, 7) is 11.3. The highest BCUT2D eigenvalue weighted by Gasteiger charge is 2.14. The van der Waals surface area contributed by atoms with Crippen molar-refractivity contribution in [3.05, 3.63) is 48.1 Å². The number of fused-ring (bicyclic) bond motifs is 1. The molecule has 2 aromatic heterocycles. The van der Waals surface area contributed by atoms with Crippen LogP contribution in [0.15, 0.2) is 42.4 Å². The van der Waals surface area contributed by atoms with Gasteiger partial charge in [0.2, 0.25) is 0 Å². The van der Waals surface area contributed by atoms with Crippen LogP contribution in [0.2, 0.25) is 0 Å². The summed E-state index contributed by atoms with van der Waals surface area (Å²) in [6, 6.07) is 4.60. The average molecular weight is 338 g/mol. The lowest BCUT2D eigenvalue weighted by molar-refractivity contribution is 0.620. The second kappa shape index (κ2) is 9.21. The number of allylic oxidation sites excluding steroid dienone is 2. The number of hydrogen-bond donors (Lipinski definition) is 2. The number of dihydropyridines is 1. The first-order valence-corrected chi connectivity index (χ1v) is 9.36. The molecule has 25 heavy (non-hydrogen) atoms. The van der Waals surface area contributed by atoms with Crippen molar-refractivity contribution in [2.75, 3.05) is 11.9 Å². The molecule has 1 unspecified atom stereocenters. The molecule has 3 rings (SSSR count). The van der Waals surface area contributed by atoms with E-state index in [0.29, 0.717) is 6.04 Å². The van der Waals surface area contributed by atoms with E-state index in [0.717, 1.165) is 40.8 Å². The van der Waals surface area contributed by atoms with Gasteiger partial charge in [-0.15, -0.1) is 0 Å². The minimum atomic E-state index is 0.438. The quantitative estimate of drug-likeness (QED) is 0.792. The van der Waals surface area contributed by atoms with Gasteiger partial charge in [0, 0.05) is 47.5 Å². The summed E-state index contributed by atoms with van der Waals surface area (Å²) in [5, 5.41) is 8.92. The molecule has 0 saturated heterocycles. The summed E-state index contributed by atoms with van der Waals surface area (Å²) < 4.78 is 0. The van der Waals surface area contributed by atoms with Crippen molar-refractivity contribution in [3.63, 3.8) is 0 Å². The lowest BCUT2D eigenvalue weighted by Crippen LogP contribution is -2.25. The standard InChI is InChI=1S/C19H24N4.C2H6/c1-4-6-16-7-13(3)17(12-21-16)18-8-14-11-23-19(20-5-2)9-15(14)10-22-18;1-2/h7-12,16,21H,4-6H2,1-3H3,(H,20,23);1-2H3. The second-order valence-electron chi connectivity index (χ2n) is 5.99. The largest absolute Gasteiger partial charge is 0.384 e. The number of hydrogen-bond acceptors (Lipinski definition) is 4. The normalized spacial score (nSPS) is 16.3. The highest BCUT2D eigenvalue weighted by molar-refractivity contribution is 5.88. The van der Waals surface area contributed by atoms with E-state index >= 15 is 0 Å². The zero-order valence-electron chi connectivity index (χ0n) is 16.1. The molecule has 0 aromatic carbocycles. The van der Waals surface area contributed by atoms with E-state index in [1.165, 1.54) is 12.0 Å². The van der Waals surface area contributed by atoms with Crippen LogP contribution in [-0.4, -0.2) is 22.6 Å². The van der Waals surface area contributed by atoms with Crippen LogP contribution in [0.4, 0.5) is 5.82 Å². The Labute approximate surface area is 151 Å². The minimum absolute atomic E-state index is 0.438. The number of nitrogens with zero attached hydrogens (tertiary/aromatic N) is 2. The lowest BCUT2D eigenvalue weighted by Gasteiger charge is -2.21. The highest BCUT2D eigenvalue weighted by Crippen LogP contribution is 2.27. The van der Waals surface area contributed by atoms with Crippen LogP contribution in [0.5, 0.6) is 0 Å². The van der Waals surface area contributed by atoms with Crippen molar-refractivity contribution in [2.24, 2.45) is 0 Å². The van der Waals surface area contributed by atoms with Crippen LogP contribution in [0.3, 0.4) is 0 Å². The van der Waals surface area contributed by atoms with Gasteiger partial charge in [0.05, 0.1) is 5.69 Å². The van der Waals surface area contributed by atoms with E-state index in [-0.39, 0.29) is 0 Å². The van der Waals surface area contributed by atoms with E-state index in [9.17, 15) is 0 Å². The maximum Gasteiger partial charge on any atom is 0.126 e. The third-order valence-electron chi connectivity index (χ3n) is 4.15. The molecule has 1 aliphatic rings. The highest BCUT2D eigenvalue weighted by atomic mass is 15.0. The average Bonchev–Trinajstić information content (AvgIpc) is 2.64. The topological polar surface area (TPSA) is 49.8 Å². The molecule has 1 aliphatic heterocycles. The zero-order chi connectivity index (χ0) is 18.2. The molecule has 0 bridgehead atoms. The SMILES string of the molecule is CC.CCCC1C=C(C)C(c2cc3cnc(NCC)cc3cn2)=CN1. The summed E-state index contributed by atoms with van der Waals surface area (Å²) in [5.74, 6) is 0.895. The van der Waals surface area contributed by atoms with Gasteiger partial charge in [-0.05, 0) is 38.0 Å². The van der Waals surface area contributed by atoms with E-state index in [2.05, 4.69) is 59.7 Å². The third-order valence-corrected chi connectivity index (χ3v) is 4.15. The molecule has 4 nitrogen and oxygen atoms in total. The van der Waals surface area contributed by atoms with Crippen LogP contribution in [0.1, 0.15) is 53.2 Å². The van der Waals surface area contributed by atoms with Crippen LogP contribution in [0, 0.1) is 0 Å². The molecule has 2 aromatic rings. The van der Waals surface area contributed by atoms with Gasteiger partial charge in [-0.25, -0.2) is 4.98 Å². The van der Waals surface area contributed by atoms with Crippen LogP contribution in [-0.2, 0) is 0 Å². The summed E-state index contributed by atoms with van der Waals surface area (Å²) >= 11 is 0. The Balaban J connectivity index is 0.00000109. The molecule has 2 N–H and O–H groups in total. The fourth-order valence-corrected chi connectivity index (χ4v) is 2.96. The first-order valence-electron chi connectivity index (χ1n) is 9.36. The summed E-state index contributed by atoms with van der Waals surface area (Å²) in [6.07, 6.45) is 10.6. The first kappa shape index (κ1) is 19.0. The van der Waals surface area contributed by atoms with Gasteiger partial charge in [0.15, 0.2) is 0 Å². The number of pyridine rings is 2. The van der Waals surface area contributed by atoms with Crippen LogP contribution >= 0.6 is 0 Å². The molecule has 4 heteroatoms. The molecule has 1 atom stereocenters. The summed E-state index contributed by atoms with van der Waals surface area (Å²) in [5.41, 5.74) is 3.44. The van der Waals surface area contributed by atoms with Crippen molar-refractivity contribution in [1.29, 1.82) is 0 Å². The van der Waals surface area contributed by atoms with Gasteiger partial charge in [-0.1, -0.05) is 33.3 Å². The van der Waals surface area contributed by atoms with Crippen molar-refractivity contribution >= 4 is 22.2 Å². The lowest BCUT2D eigenvalue weighted by atomic mass is 9.97. The van der Waals surface area contributed by atoms with Crippen LogP contribution in [0.25, 0.3) is 16.3 Å². The molecule has 0 amide bonds.